The Kier molecular flexibility index (Phi) is 6.58. The standard InChI is InChI=1S/C30H40N4O2/c1-3-9-23(10-4-1)15-25-19-35-29-17-31(21-33(25)29)27-13-7-8-14-28(27)32-18-30-34(22-32)26(20-36-30)16-24-11-5-2-6-12-24/h1-6,9-12,25-30H,7-8,13-22H2/t25-,26-,27?,28?,29?,30?/m0/s1. The second-order valence-corrected chi connectivity index (χ2v) is 11.5. The predicted octanol–water partition coefficient (Wildman–Crippen LogP) is 3.38. The molecule has 0 bridgehead atoms. The molecule has 0 radical (unpaired) electrons. The van der Waals surface area contributed by atoms with Crippen molar-refractivity contribution in [3.8, 4) is 0 Å². The van der Waals surface area contributed by atoms with Gasteiger partial charge in [0.15, 0.2) is 0 Å². The van der Waals surface area contributed by atoms with E-state index in [1.54, 1.807) is 0 Å². The average Bonchev–Trinajstić information content (AvgIpc) is 3.69. The van der Waals surface area contributed by atoms with Gasteiger partial charge in [-0.3, -0.25) is 19.6 Å². The quantitative estimate of drug-likeness (QED) is 0.620. The molecule has 6 heteroatoms. The van der Waals surface area contributed by atoms with Crippen LogP contribution in [-0.4, -0.2) is 95.9 Å². The summed E-state index contributed by atoms with van der Waals surface area (Å²) in [5.74, 6) is 0. The third-order valence-electron chi connectivity index (χ3n) is 9.37. The number of benzene rings is 2. The van der Waals surface area contributed by atoms with Gasteiger partial charge >= 0.3 is 0 Å². The molecule has 0 N–H and O–H groups in total. The van der Waals surface area contributed by atoms with E-state index in [2.05, 4.69) is 80.3 Å². The highest BCUT2D eigenvalue weighted by Gasteiger charge is 2.49. The molecule has 36 heavy (non-hydrogen) atoms. The van der Waals surface area contributed by atoms with Crippen molar-refractivity contribution in [1.29, 1.82) is 0 Å². The Hall–Kier alpha value is -1.80. The van der Waals surface area contributed by atoms with E-state index < -0.39 is 0 Å². The topological polar surface area (TPSA) is 31.4 Å². The molecule has 1 aliphatic carbocycles. The lowest BCUT2D eigenvalue weighted by Gasteiger charge is -2.43. The zero-order chi connectivity index (χ0) is 23.9. The Morgan fingerprint density at radius 3 is 1.50 bits per heavy atom. The summed E-state index contributed by atoms with van der Waals surface area (Å²) < 4.78 is 12.6. The van der Waals surface area contributed by atoms with Gasteiger partial charge in [-0.2, -0.15) is 0 Å². The summed E-state index contributed by atoms with van der Waals surface area (Å²) in [7, 11) is 0. The smallest absolute Gasteiger partial charge is 0.124 e. The Morgan fingerprint density at radius 1 is 0.611 bits per heavy atom. The summed E-state index contributed by atoms with van der Waals surface area (Å²) in [6.45, 7) is 5.95. The monoisotopic (exact) mass is 488 g/mol. The molecule has 2 aromatic carbocycles. The fourth-order valence-corrected chi connectivity index (χ4v) is 7.51. The first-order valence-corrected chi connectivity index (χ1v) is 14.1. The maximum Gasteiger partial charge on any atom is 0.124 e. The van der Waals surface area contributed by atoms with Crippen molar-refractivity contribution < 1.29 is 9.47 Å². The summed E-state index contributed by atoms with van der Waals surface area (Å²) in [5.41, 5.74) is 2.84. The largest absolute Gasteiger partial charge is 0.360 e. The molecule has 5 fully saturated rings. The summed E-state index contributed by atoms with van der Waals surface area (Å²) in [5, 5.41) is 0. The Bertz CT molecular complexity index is 925. The number of nitrogens with zero attached hydrogens (tertiary/aromatic N) is 4. The number of rotatable bonds is 6. The lowest BCUT2D eigenvalue weighted by molar-refractivity contribution is 0.0336. The molecular formula is C30H40N4O2. The predicted molar refractivity (Wildman–Crippen MR) is 140 cm³/mol. The number of hydrogen-bond acceptors (Lipinski definition) is 6. The van der Waals surface area contributed by atoms with Crippen LogP contribution in [0.2, 0.25) is 0 Å². The van der Waals surface area contributed by atoms with Gasteiger partial charge in [-0.1, -0.05) is 73.5 Å². The molecule has 4 heterocycles. The second kappa shape index (κ2) is 10.2. The summed E-state index contributed by atoms with van der Waals surface area (Å²) in [6.07, 6.45) is 8.02. The molecular weight excluding hydrogens is 448 g/mol. The number of fused-ring (bicyclic) bond motifs is 2. The molecule has 0 aromatic heterocycles. The average molecular weight is 489 g/mol. The molecule has 0 spiro atoms. The molecule has 6 atom stereocenters. The maximum absolute atomic E-state index is 6.32. The first-order valence-electron chi connectivity index (χ1n) is 14.1. The van der Waals surface area contributed by atoms with Gasteiger partial charge in [0.2, 0.25) is 0 Å². The van der Waals surface area contributed by atoms with Crippen LogP contribution in [0.1, 0.15) is 36.8 Å². The van der Waals surface area contributed by atoms with Crippen LogP contribution in [0, 0.1) is 0 Å². The Labute approximate surface area is 215 Å². The van der Waals surface area contributed by atoms with Crippen molar-refractivity contribution in [1.82, 2.24) is 19.6 Å². The van der Waals surface area contributed by atoms with Gasteiger partial charge in [0.1, 0.15) is 12.5 Å². The Morgan fingerprint density at radius 2 is 1.06 bits per heavy atom. The van der Waals surface area contributed by atoms with Crippen LogP contribution >= 0.6 is 0 Å². The van der Waals surface area contributed by atoms with E-state index in [0.717, 1.165) is 52.5 Å². The Balaban J connectivity index is 1.01. The zero-order valence-corrected chi connectivity index (χ0v) is 21.3. The fourth-order valence-electron chi connectivity index (χ4n) is 7.51. The fraction of sp³-hybridized carbons (Fsp3) is 0.600. The van der Waals surface area contributed by atoms with Gasteiger partial charge in [-0.15, -0.1) is 0 Å². The number of ether oxygens (including phenoxy) is 2. The lowest BCUT2D eigenvalue weighted by atomic mass is 9.88. The van der Waals surface area contributed by atoms with E-state index >= 15 is 0 Å². The normalized spacial score (nSPS) is 35.9. The molecule has 2 aromatic rings. The van der Waals surface area contributed by atoms with Gasteiger partial charge < -0.3 is 9.47 Å². The molecule has 4 aliphatic heterocycles. The van der Waals surface area contributed by atoms with E-state index in [0.29, 0.717) is 24.2 Å². The van der Waals surface area contributed by atoms with Gasteiger partial charge in [-0.25, -0.2) is 0 Å². The highest BCUT2D eigenvalue weighted by atomic mass is 16.5. The third-order valence-corrected chi connectivity index (χ3v) is 9.37. The van der Waals surface area contributed by atoms with Crippen LogP contribution in [-0.2, 0) is 22.3 Å². The van der Waals surface area contributed by atoms with E-state index in [9.17, 15) is 0 Å². The molecule has 5 aliphatic rings. The van der Waals surface area contributed by atoms with Gasteiger partial charge in [-0.05, 0) is 36.8 Å². The van der Waals surface area contributed by atoms with Crippen LogP contribution in [0.3, 0.4) is 0 Å². The molecule has 6 nitrogen and oxygen atoms in total. The molecule has 7 rings (SSSR count). The van der Waals surface area contributed by atoms with Crippen LogP contribution in [0.5, 0.6) is 0 Å². The molecule has 4 unspecified atom stereocenters. The molecule has 1 saturated carbocycles. The van der Waals surface area contributed by atoms with Crippen LogP contribution < -0.4 is 0 Å². The highest BCUT2D eigenvalue weighted by molar-refractivity contribution is 5.18. The first kappa shape index (κ1) is 23.3. The van der Waals surface area contributed by atoms with E-state index in [4.69, 9.17) is 9.47 Å². The first-order chi connectivity index (χ1) is 17.8. The summed E-state index contributed by atoms with van der Waals surface area (Å²) in [6, 6.07) is 24.1. The van der Waals surface area contributed by atoms with Gasteiger partial charge in [0.05, 0.1) is 26.6 Å². The van der Waals surface area contributed by atoms with Crippen molar-refractivity contribution in [2.24, 2.45) is 0 Å². The maximum atomic E-state index is 6.32. The molecule has 4 saturated heterocycles. The van der Waals surface area contributed by atoms with E-state index in [-0.39, 0.29) is 12.5 Å². The van der Waals surface area contributed by atoms with E-state index in [1.807, 2.05) is 0 Å². The zero-order valence-electron chi connectivity index (χ0n) is 21.3. The minimum Gasteiger partial charge on any atom is -0.360 e. The molecule has 0 amide bonds. The van der Waals surface area contributed by atoms with Crippen LogP contribution in [0.4, 0.5) is 0 Å². The van der Waals surface area contributed by atoms with Crippen molar-refractivity contribution in [2.75, 3.05) is 39.6 Å². The van der Waals surface area contributed by atoms with Gasteiger partial charge in [0.25, 0.3) is 0 Å². The summed E-state index contributed by atoms with van der Waals surface area (Å²) in [4.78, 5) is 10.8. The molecule has 192 valence electrons. The minimum absolute atomic E-state index is 0.265. The van der Waals surface area contributed by atoms with Gasteiger partial charge in [0, 0.05) is 37.3 Å². The SMILES string of the molecule is c1ccc(C[C@H]2COC3CN(C4CCCCC4N4CC5OC[C@H](Cc6ccccc6)N5C4)CN32)cc1. The summed E-state index contributed by atoms with van der Waals surface area (Å²) >= 11 is 0. The minimum atomic E-state index is 0.265. The number of hydrogen-bond donors (Lipinski definition) is 0. The van der Waals surface area contributed by atoms with Crippen molar-refractivity contribution in [3.63, 3.8) is 0 Å². The van der Waals surface area contributed by atoms with Crippen molar-refractivity contribution in [3.05, 3.63) is 71.8 Å². The highest BCUT2D eigenvalue weighted by Crippen LogP contribution is 2.36. The van der Waals surface area contributed by atoms with Crippen LogP contribution in [0.15, 0.2) is 60.7 Å². The third kappa shape index (κ3) is 4.53. The van der Waals surface area contributed by atoms with Crippen molar-refractivity contribution in [2.45, 2.75) is 75.1 Å². The second-order valence-electron chi connectivity index (χ2n) is 11.5. The van der Waals surface area contributed by atoms with Crippen LogP contribution in [0.25, 0.3) is 0 Å². The lowest BCUT2D eigenvalue weighted by Crippen LogP contribution is -2.54. The van der Waals surface area contributed by atoms with E-state index in [1.165, 1.54) is 36.8 Å². The van der Waals surface area contributed by atoms with Crippen molar-refractivity contribution >= 4 is 0 Å².